The third-order valence-electron chi connectivity index (χ3n) is 1.43. The normalized spacial score (nSPS) is 9.58. The van der Waals surface area contributed by atoms with E-state index in [0.29, 0.717) is 15.7 Å². The van der Waals surface area contributed by atoms with E-state index in [1.54, 1.807) is 31.7 Å². The van der Waals surface area contributed by atoms with Crippen LogP contribution in [0.1, 0.15) is 0 Å². The molecule has 1 rings (SSSR count). The van der Waals surface area contributed by atoms with Gasteiger partial charge in [-0.1, -0.05) is 29.3 Å². The molecular formula is C8H6Cl2NO. The van der Waals surface area contributed by atoms with Gasteiger partial charge < -0.3 is 4.90 Å². The lowest BCUT2D eigenvalue weighted by Crippen LogP contribution is -2.13. The minimum Gasteiger partial charge on any atom is -0.306 e. The van der Waals surface area contributed by atoms with Gasteiger partial charge in [0.25, 0.3) is 0 Å². The highest BCUT2D eigenvalue weighted by molar-refractivity contribution is 6.43. The Kier molecular flexibility index (Phi) is 2.95. The lowest BCUT2D eigenvalue weighted by atomic mass is 10.3. The van der Waals surface area contributed by atoms with Gasteiger partial charge in [-0.3, -0.25) is 4.79 Å². The molecule has 12 heavy (non-hydrogen) atoms. The molecule has 0 bridgehead atoms. The van der Waals surface area contributed by atoms with Crippen LogP contribution in [-0.4, -0.2) is 13.5 Å². The maximum Gasteiger partial charge on any atom is 0.316 e. The largest absolute Gasteiger partial charge is 0.316 e. The predicted octanol–water partition coefficient (Wildman–Crippen LogP) is 2.50. The van der Waals surface area contributed by atoms with Gasteiger partial charge in [0.05, 0.1) is 15.7 Å². The van der Waals surface area contributed by atoms with Gasteiger partial charge in [0.1, 0.15) is 0 Å². The highest BCUT2D eigenvalue weighted by atomic mass is 35.5. The standard InChI is InChI=1S/C8H6Cl2NO/c1-11(5-12)7-4-2-3-6(9)8(7)10/h2-4H,1H3. The summed E-state index contributed by atoms with van der Waals surface area (Å²) in [4.78, 5) is 11.5. The summed E-state index contributed by atoms with van der Waals surface area (Å²) >= 11 is 11.5. The number of carbonyl (C=O) groups excluding carboxylic acids is 1. The summed E-state index contributed by atoms with van der Waals surface area (Å²) in [5.41, 5.74) is 0.555. The van der Waals surface area contributed by atoms with E-state index < -0.39 is 0 Å². The zero-order chi connectivity index (χ0) is 9.14. The Morgan fingerprint density at radius 3 is 2.67 bits per heavy atom. The molecule has 0 aliphatic heterocycles. The Morgan fingerprint density at radius 1 is 1.42 bits per heavy atom. The summed E-state index contributed by atoms with van der Waals surface area (Å²) < 4.78 is 0. The van der Waals surface area contributed by atoms with Gasteiger partial charge in [0.15, 0.2) is 0 Å². The summed E-state index contributed by atoms with van der Waals surface area (Å²) in [6.45, 7) is 0. The molecule has 4 heteroatoms. The number of benzene rings is 1. The molecule has 1 radical (unpaired) electrons. The van der Waals surface area contributed by atoms with E-state index in [-0.39, 0.29) is 0 Å². The minimum absolute atomic E-state index is 0.366. The topological polar surface area (TPSA) is 20.3 Å². The fourth-order valence-electron chi connectivity index (χ4n) is 0.801. The summed E-state index contributed by atoms with van der Waals surface area (Å²) in [6.07, 6.45) is 1.69. The van der Waals surface area contributed by atoms with Crippen molar-refractivity contribution >= 4 is 35.3 Å². The molecule has 1 aromatic carbocycles. The van der Waals surface area contributed by atoms with Crippen molar-refractivity contribution in [3.63, 3.8) is 0 Å². The maximum atomic E-state index is 10.3. The first-order valence-corrected chi connectivity index (χ1v) is 3.98. The van der Waals surface area contributed by atoms with Crippen molar-refractivity contribution in [2.24, 2.45) is 0 Å². The Bertz CT molecular complexity index is 301. The van der Waals surface area contributed by atoms with E-state index in [1.165, 1.54) is 4.90 Å². The third-order valence-corrected chi connectivity index (χ3v) is 2.24. The fraction of sp³-hybridized carbons (Fsp3) is 0.125. The Morgan fingerprint density at radius 2 is 2.08 bits per heavy atom. The van der Waals surface area contributed by atoms with Gasteiger partial charge in [-0.15, -0.1) is 0 Å². The van der Waals surface area contributed by atoms with Crippen LogP contribution in [0.4, 0.5) is 5.69 Å². The van der Waals surface area contributed by atoms with Crippen molar-refractivity contribution in [3.05, 3.63) is 28.2 Å². The molecule has 0 saturated carbocycles. The van der Waals surface area contributed by atoms with E-state index in [0.717, 1.165) is 0 Å². The van der Waals surface area contributed by atoms with Crippen molar-refractivity contribution in [2.45, 2.75) is 0 Å². The summed E-state index contributed by atoms with van der Waals surface area (Å²) in [6, 6.07) is 5.07. The van der Waals surface area contributed by atoms with Gasteiger partial charge in [0, 0.05) is 7.05 Å². The van der Waals surface area contributed by atoms with E-state index in [2.05, 4.69) is 0 Å². The molecular weight excluding hydrogens is 197 g/mol. The Labute approximate surface area is 80.7 Å². The smallest absolute Gasteiger partial charge is 0.306 e. The Balaban J connectivity index is 3.15. The molecule has 0 unspecified atom stereocenters. The van der Waals surface area contributed by atoms with Crippen LogP contribution in [0, 0.1) is 0 Å². The van der Waals surface area contributed by atoms with Gasteiger partial charge in [0.2, 0.25) is 0 Å². The zero-order valence-corrected chi connectivity index (χ0v) is 7.86. The van der Waals surface area contributed by atoms with Crippen LogP contribution in [0.3, 0.4) is 0 Å². The lowest BCUT2D eigenvalue weighted by Gasteiger charge is -2.11. The third kappa shape index (κ3) is 1.71. The number of hydrogen-bond donors (Lipinski definition) is 0. The first-order chi connectivity index (χ1) is 5.66. The van der Waals surface area contributed by atoms with Crippen LogP contribution in [0.15, 0.2) is 18.2 Å². The van der Waals surface area contributed by atoms with Crippen molar-refractivity contribution in [1.82, 2.24) is 0 Å². The molecule has 1 aromatic rings. The summed E-state index contributed by atoms with van der Waals surface area (Å²) in [5.74, 6) is 0. The quantitative estimate of drug-likeness (QED) is 0.676. The second kappa shape index (κ2) is 3.78. The molecule has 0 spiro atoms. The van der Waals surface area contributed by atoms with Crippen LogP contribution in [0.5, 0.6) is 0 Å². The summed E-state index contributed by atoms with van der Waals surface area (Å²) in [5, 5.41) is 0.793. The van der Waals surface area contributed by atoms with Crippen molar-refractivity contribution in [2.75, 3.05) is 11.9 Å². The second-order valence-corrected chi connectivity index (χ2v) is 3.01. The van der Waals surface area contributed by atoms with E-state index in [1.807, 2.05) is 0 Å². The Hall–Kier alpha value is -0.730. The van der Waals surface area contributed by atoms with Crippen LogP contribution in [-0.2, 0) is 4.79 Å². The molecule has 0 N–H and O–H groups in total. The first-order valence-electron chi connectivity index (χ1n) is 3.22. The summed E-state index contributed by atoms with van der Waals surface area (Å²) in [7, 11) is 1.56. The molecule has 2 nitrogen and oxygen atoms in total. The molecule has 0 atom stereocenters. The number of nitrogens with zero attached hydrogens (tertiary/aromatic N) is 1. The van der Waals surface area contributed by atoms with Gasteiger partial charge >= 0.3 is 6.41 Å². The zero-order valence-electron chi connectivity index (χ0n) is 6.34. The van der Waals surface area contributed by atoms with Crippen molar-refractivity contribution in [1.29, 1.82) is 0 Å². The SMILES string of the molecule is CN([C]=O)c1cccc(Cl)c1Cl. The number of halogens is 2. The molecule has 0 saturated heterocycles. The van der Waals surface area contributed by atoms with Crippen LogP contribution in [0.2, 0.25) is 10.0 Å². The lowest BCUT2D eigenvalue weighted by molar-refractivity contribution is 0.554. The number of anilines is 1. The minimum atomic E-state index is 0.366. The van der Waals surface area contributed by atoms with E-state index >= 15 is 0 Å². The van der Waals surface area contributed by atoms with Gasteiger partial charge in [-0.05, 0) is 12.1 Å². The molecule has 0 fully saturated rings. The number of amides is 1. The van der Waals surface area contributed by atoms with Crippen molar-refractivity contribution < 1.29 is 4.79 Å². The molecule has 1 amide bonds. The van der Waals surface area contributed by atoms with Crippen LogP contribution in [0.25, 0.3) is 0 Å². The highest BCUT2D eigenvalue weighted by Gasteiger charge is 2.07. The number of hydrogen-bond acceptors (Lipinski definition) is 1. The molecule has 63 valence electrons. The molecule has 0 aliphatic rings. The van der Waals surface area contributed by atoms with E-state index in [4.69, 9.17) is 23.2 Å². The van der Waals surface area contributed by atoms with Crippen molar-refractivity contribution in [3.8, 4) is 0 Å². The molecule has 0 heterocycles. The maximum absolute atomic E-state index is 10.3. The predicted molar refractivity (Wildman–Crippen MR) is 50.6 cm³/mol. The fourth-order valence-corrected chi connectivity index (χ4v) is 1.22. The van der Waals surface area contributed by atoms with Crippen LogP contribution < -0.4 is 4.90 Å². The van der Waals surface area contributed by atoms with Gasteiger partial charge in [-0.25, -0.2) is 0 Å². The van der Waals surface area contributed by atoms with Crippen LogP contribution >= 0.6 is 23.2 Å². The van der Waals surface area contributed by atoms with Gasteiger partial charge in [-0.2, -0.15) is 0 Å². The highest BCUT2D eigenvalue weighted by Crippen LogP contribution is 2.30. The first kappa shape index (κ1) is 9.36. The monoisotopic (exact) mass is 202 g/mol. The molecule has 0 aromatic heterocycles. The second-order valence-electron chi connectivity index (χ2n) is 2.22. The van der Waals surface area contributed by atoms with E-state index in [9.17, 15) is 4.79 Å². The average Bonchev–Trinajstić information content (AvgIpc) is 2.08. The average molecular weight is 203 g/mol. The number of rotatable bonds is 2. The molecule has 0 aliphatic carbocycles.